The van der Waals surface area contributed by atoms with Gasteiger partial charge in [0.2, 0.25) is 0 Å². The van der Waals surface area contributed by atoms with E-state index in [9.17, 15) is 4.79 Å². The number of allylic oxidation sites excluding steroid dienone is 1. The minimum atomic E-state index is -0.635. The number of hydrogen-bond donors (Lipinski definition) is 2. The molecule has 0 aromatic heterocycles. The van der Waals surface area contributed by atoms with Gasteiger partial charge in [-0.25, -0.2) is 4.79 Å². The number of aliphatic hydroxyl groups excluding tert-OH is 1. The van der Waals surface area contributed by atoms with Crippen LogP contribution in [0.5, 0.6) is 0 Å². The molecule has 0 aliphatic heterocycles. The van der Waals surface area contributed by atoms with Crippen LogP contribution in [0.1, 0.15) is 34.6 Å². The number of aliphatic hydroxyl groups is 1. The average Bonchev–Trinajstić information content (AvgIpc) is 2.10. The molecule has 0 aromatic rings. The first kappa shape index (κ1) is 15.6. The van der Waals surface area contributed by atoms with Crippen molar-refractivity contribution in [2.24, 2.45) is 0 Å². The first-order chi connectivity index (χ1) is 7.65. The highest BCUT2D eigenvalue weighted by atomic mass is 32.1. The highest BCUT2D eigenvalue weighted by Crippen LogP contribution is 2.08. The topological polar surface area (TPSA) is 58.6 Å². The molecule has 0 spiro atoms. The quantitative estimate of drug-likeness (QED) is 0.345. The zero-order valence-electron chi connectivity index (χ0n) is 10.8. The Hall–Kier alpha value is -1.36. The lowest BCUT2D eigenvalue weighted by atomic mass is 10.2. The third-order valence-electron chi connectivity index (χ3n) is 1.46. The zero-order chi connectivity index (χ0) is 13.6. The second kappa shape index (κ2) is 6.39. The molecular weight excluding hydrogens is 238 g/mol. The van der Waals surface area contributed by atoms with Crippen LogP contribution in [-0.2, 0) is 4.74 Å². The number of ether oxygens (including phenoxy) is 1. The van der Waals surface area contributed by atoms with Crippen molar-refractivity contribution in [3.8, 4) is 0 Å². The van der Waals surface area contributed by atoms with E-state index in [-0.39, 0.29) is 4.99 Å². The molecule has 0 atom stereocenters. The van der Waals surface area contributed by atoms with Crippen molar-refractivity contribution in [3.05, 3.63) is 23.5 Å². The highest BCUT2D eigenvalue weighted by molar-refractivity contribution is 7.80. The van der Waals surface area contributed by atoms with Crippen LogP contribution in [0.2, 0.25) is 0 Å². The zero-order valence-corrected chi connectivity index (χ0v) is 11.6. The summed E-state index contributed by atoms with van der Waals surface area (Å²) in [5.74, 6) is 0. The molecule has 0 aliphatic rings. The van der Waals surface area contributed by atoms with Crippen molar-refractivity contribution in [1.29, 1.82) is 0 Å². The van der Waals surface area contributed by atoms with E-state index in [4.69, 9.17) is 22.1 Å². The maximum Gasteiger partial charge on any atom is 0.412 e. The van der Waals surface area contributed by atoms with Gasteiger partial charge in [0, 0.05) is 5.57 Å². The summed E-state index contributed by atoms with van der Waals surface area (Å²) < 4.78 is 5.04. The third-order valence-corrected chi connectivity index (χ3v) is 1.80. The van der Waals surface area contributed by atoms with Crippen molar-refractivity contribution in [3.63, 3.8) is 0 Å². The maximum absolute atomic E-state index is 11.4. The standard InChI is InChI=1S/C12H19NO3S/c1-8(2)6-9(7-14)10(17)13-11(15)16-12(3,4)5/h6-7,14H,1-5H3,(H,13,15,17). The summed E-state index contributed by atoms with van der Waals surface area (Å²) in [5, 5.41) is 11.4. The fourth-order valence-electron chi connectivity index (χ4n) is 0.941. The molecule has 4 nitrogen and oxygen atoms in total. The summed E-state index contributed by atoms with van der Waals surface area (Å²) in [6.45, 7) is 9.00. The molecule has 2 N–H and O–H groups in total. The van der Waals surface area contributed by atoms with Gasteiger partial charge >= 0.3 is 6.09 Å². The fourth-order valence-corrected chi connectivity index (χ4v) is 1.14. The molecule has 96 valence electrons. The minimum Gasteiger partial charge on any atom is -0.515 e. The molecule has 17 heavy (non-hydrogen) atoms. The van der Waals surface area contributed by atoms with E-state index in [2.05, 4.69) is 5.32 Å². The summed E-state index contributed by atoms with van der Waals surface area (Å²) in [6.07, 6.45) is 1.89. The molecule has 0 unspecified atom stereocenters. The lowest BCUT2D eigenvalue weighted by Gasteiger charge is -2.19. The van der Waals surface area contributed by atoms with Crippen molar-refractivity contribution in [1.82, 2.24) is 5.32 Å². The molecule has 0 fully saturated rings. The van der Waals surface area contributed by atoms with Gasteiger partial charge in [0.05, 0.1) is 6.26 Å². The number of amides is 1. The van der Waals surface area contributed by atoms with Gasteiger partial charge in [-0.2, -0.15) is 0 Å². The molecule has 5 heteroatoms. The van der Waals surface area contributed by atoms with Crippen LogP contribution in [0.3, 0.4) is 0 Å². The Balaban J connectivity index is 4.55. The summed E-state index contributed by atoms with van der Waals surface area (Å²) in [6, 6.07) is 0. The van der Waals surface area contributed by atoms with E-state index in [1.54, 1.807) is 26.8 Å². The summed E-state index contributed by atoms with van der Waals surface area (Å²) in [4.78, 5) is 11.6. The van der Waals surface area contributed by atoms with Crippen molar-refractivity contribution >= 4 is 23.3 Å². The normalized spacial score (nSPS) is 11.7. The molecule has 0 saturated heterocycles. The Morgan fingerprint density at radius 2 is 1.88 bits per heavy atom. The van der Waals surface area contributed by atoms with Gasteiger partial charge in [-0.1, -0.05) is 23.9 Å². The van der Waals surface area contributed by atoms with Crippen molar-refractivity contribution in [2.75, 3.05) is 0 Å². The Kier molecular flexibility index (Phi) is 5.88. The number of carbonyl (C=O) groups is 1. The molecule has 1 amide bonds. The van der Waals surface area contributed by atoms with Gasteiger partial charge in [-0.05, 0) is 34.6 Å². The lowest BCUT2D eigenvalue weighted by molar-refractivity contribution is 0.0564. The average molecular weight is 257 g/mol. The molecule has 0 saturated carbocycles. The van der Waals surface area contributed by atoms with Crippen LogP contribution in [0.15, 0.2) is 23.5 Å². The Labute approximate surface area is 107 Å². The second-order valence-corrected chi connectivity index (χ2v) is 5.17. The van der Waals surface area contributed by atoms with Crippen LogP contribution in [0.25, 0.3) is 0 Å². The fraction of sp³-hybridized carbons (Fsp3) is 0.500. The number of thiocarbonyl (C=S) groups is 1. The predicted molar refractivity (Wildman–Crippen MR) is 72.1 cm³/mol. The van der Waals surface area contributed by atoms with E-state index >= 15 is 0 Å². The summed E-state index contributed by atoms with van der Waals surface area (Å²) in [5.41, 5.74) is 0.740. The lowest BCUT2D eigenvalue weighted by Crippen LogP contribution is -2.36. The molecular formula is C12H19NO3S. The Bertz CT molecular complexity index is 360. The van der Waals surface area contributed by atoms with E-state index in [0.29, 0.717) is 5.57 Å². The predicted octanol–water partition coefficient (Wildman–Crippen LogP) is 3.25. The minimum absolute atomic E-state index is 0.128. The molecule has 0 aliphatic carbocycles. The molecule has 0 aromatic carbocycles. The highest BCUT2D eigenvalue weighted by Gasteiger charge is 2.17. The van der Waals surface area contributed by atoms with Gasteiger partial charge in [0.1, 0.15) is 10.6 Å². The maximum atomic E-state index is 11.4. The third kappa shape index (κ3) is 7.52. The Morgan fingerprint density at radius 1 is 1.35 bits per heavy atom. The summed E-state index contributed by atoms with van der Waals surface area (Å²) in [7, 11) is 0. The SMILES string of the molecule is CC(C)=CC(=CO)C(=S)NC(=O)OC(C)(C)C. The first-order valence-corrected chi connectivity index (χ1v) is 5.60. The molecule has 0 radical (unpaired) electrons. The van der Waals surface area contributed by atoms with Gasteiger partial charge in [-0.15, -0.1) is 0 Å². The molecule has 0 heterocycles. The monoisotopic (exact) mass is 257 g/mol. The van der Waals surface area contributed by atoms with Gasteiger partial charge in [0.15, 0.2) is 0 Å². The van der Waals surface area contributed by atoms with Crippen LogP contribution in [0, 0.1) is 0 Å². The number of hydrogen-bond acceptors (Lipinski definition) is 4. The van der Waals surface area contributed by atoms with Gasteiger partial charge < -0.3 is 9.84 Å². The van der Waals surface area contributed by atoms with E-state index < -0.39 is 11.7 Å². The molecule has 0 bridgehead atoms. The smallest absolute Gasteiger partial charge is 0.412 e. The van der Waals surface area contributed by atoms with E-state index in [1.165, 1.54) is 0 Å². The van der Waals surface area contributed by atoms with Gasteiger partial charge in [-0.3, -0.25) is 5.32 Å². The van der Waals surface area contributed by atoms with Crippen molar-refractivity contribution in [2.45, 2.75) is 40.2 Å². The molecule has 0 rings (SSSR count). The largest absolute Gasteiger partial charge is 0.515 e. The first-order valence-electron chi connectivity index (χ1n) is 5.19. The van der Waals surface area contributed by atoms with Crippen LogP contribution >= 0.6 is 12.2 Å². The summed E-state index contributed by atoms with van der Waals surface area (Å²) >= 11 is 4.97. The number of nitrogens with one attached hydrogen (secondary N) is 1. The number of rotatable bonds is 2. The number of alkyl carbamates (subject to hydrolysis) is 1. The van der Waals surface area contributed by atoms with Crippen molar-refractivity contribution < 1.29 is 14.6 Å². The van der Waals surface area contributed by atoms with Crippen LogP contribution in [0.4, 0.5) is 4.79 Å². The van der Waals surface area contributed by atoms with E-state index in [1.807, 2.05) is 13.8 Å². The van der Waals surface area contributed by atoms with E-state index in [0.717, 1.165) is 11.8 Å². The van der Waals surface area contributed by atoms with Crippen LogP contribution in [-0.4, -0.2) is 21.8 Å². The number of carbonyl (C=O) groups excluding carboxylic acids is 1. The second-order valence-electron chi connectivity index (χ2n) is 4.76. The Morgan fingerprint density at radius 3 is 2.24 bits per heavy atom. The van der Waals surface area contributed by atoms with Crippen LogP contribution < -0.4 is 5.32 Å². The van der Waals surface area contributed by atoms with Gasteiger partial charge in [0.25, 0.3) is 0 Å².